The van der Waals surface area contributed by atoms with Crippen LogP contribution in [-0.4, -0.2) is 12.9 Å². The zero-order valence-electron chi connectivity index (χ0n) is 8.48. The summed E-state index contributed by atoms with van der Waals surface area (Å²) in [4.78, 5) is 11.1. The Labute approximate surface area is 104 Å². The summed E-state index contributed by atoms with van der Waals surface area (Å²) >= 11 is 1.80. The molecule has 0 amide bonds. The van der Waals surface area contributed by atoms with Crippen LogP contribution in [-0.2, 0) is 6.18 Å². The quantitative estimate of drug-likeness (QED) is 0.606. The lowest BCUT2D eigenvalue weighted by Gasteiger charge is -2.13. The van der Waals surface area contributed by atoms with Crippen molar-refractivity contribution in [3.05, 3.63) is 26.8 Å². The van der Waals surface area contributed by atoms with Crippen LogP contribution in [0.15, 0.2) is 12.1 Å². The molecule has 88 valence electrons. The molecule has 0 unspecified atom stereocenters. The minimum atomic E-state index is -4.53. The molecule has 0 bridgehead atoms. The monoisotopic (exact) mass is 344 g/mol. The van der Waals surface area contributed by atoms with Crippen LogP contribution >= 0.6 is 22.6 Å². The summed E-state index contributed by atoms with van der Waals surface area (Å²) in [5, 5.41) is 0. The number of methoxy groups -OCH3 is 1. The molecular weight excluding hydrogens is 336 g/mol. The Hall–Kier alpha value is -0.790. The second kappa shape index (κ2) is 4.60. The van der Waals surface area contributed by atoms with Crippen molar-refractivity contribution in [1.82, 2.24) is 0 Å². The number of carbonyl (C=O) groups excluding carboxylic acids is 1. The SMILES string of the molecule is COc1cc(I)c(C(C)=O)cc1C(F)(F)F. The van der Waals surface area contributed by atoms with Crippen LogP contribution in [0.4, 0.5) is 13.2 Å². The number of rotatable bonds is 2. The fraction of sp³-hybridized carbons (Fsp3) is 0.300. The average Bonchev–Trinajstić information content (AvgIpc) is 2.14. The van der Waals surface area contributed by atoms with Crippen LogP contribution in [0.3, 0.4) is 0 Å². The van der Waals surface area contributed by atoms with Gasteiger partial charge < -0.3 is 4.74 Å². The van der Waals surface area contributed by atoms with Crippen LogP contribution in [0.2, 0.25) is 0 Å². The largest absolute Gasteiger partial charge is 0.496 e. The second-order valence-corrected chi connectivity index (χ2v) is 4.25. The number of ether oxygens (including phenoxy) is 1. The molecule has 0 saturated heterocycles. The molecule has 1 aromatic carbocycles. The summed E-state index contributed by atoms with van der Waals surface area (Å²) in [5.41, 5.74) is -0.880. The molecule has 0 N–H and O–H groups in total. The van der Waals surface area contributed by atoms with E-state index in [0.717, 1.165) is 13.2 Å². The maximum Gasteiger partial charge on any atom is 0.419 e. The van der Waals surface area contributed by atoms with E-state index in [-0.39, 0.29) is 11.3 Å². The van der Waals surface area contributed by atoms with Crippen molar-refractivity contribution in [2.45, 2.75) is 13.1 Å². The van der Waals surface area contributed by atoms with Crippen molar-refractivity contribution in [3.8, 4) is 5.75 Å². The lowest BCUT2D eigenvalue weighted by molar-refractivity contribution is -0.138. The zero-order valence-corrected chi connectivity index (χ0v) is 10.6. The molecule has 0 spiro atoms. The van der Waals surface area contributed by atoms with E-state index in [1.807, 2.05) is 0 Å². The predicted molar refractivity (Wildman–Crippen MR) is 60.7 cm³/mol. The minimum absolute atomic E-state index is 0.0497. The third-order valence-corrected chi connectivity index (χ3v) is 2.87. The van der Waals surface area contributed by atoms with E-state index in [2.05, 4.69) is 4.74 Å². The molecule has 1 aromatic rings. The average molecular weight is 344 g/mol. The van der Waals surface area contributed by atoms with Gasteiger partial charge in [-0.3, -0.25) is 4.79 Å². The van der Waals surface area contributed by atoms with Gasteiger partial charge in [-0.25, -0.2) is 0 Å². The van der Waals surface area contributed by atoms with E-state index >= 15 is 0 Å². The fourth-order valence-electron chi connectivity index (χ4n) is 1.22. The number of hydrogen-bond acceptors (Lipinski definition) is 2. The number of Topliss-reactive ketones (excluding diaryl/α,β-unsaturated/α-hetero) is 1. The van der Waals surface area contributed by atoms with Crippen molar-refractivity contribution in [1.29, 1.82) is 0 Å². The van der Waals surface area contributed by atoms with Crippen LogP contribution in [0.5, 0.6) is 5.75 Å². The predicted octanol–water partition coefficient (Wildman–Crippen LogP) is 3.52. The normalized spacial score (nSPS) is 11.4. The van der Waals surface area contributed by atoms with E-state index < -0.39 is 17.5 Å². The van der Waals surface area contributed by atoms with Gasteiger partial charge in [0.25, 0.3) is 0 Å². The molecule has 0 atom stereocenters. The molecule has 6 heteroatoms. The summed E-state index contributed by atoms with van der Waals surface area (Å²) in [5.74, 6) is -0.681. The molecule has 1 rings (SSSR count). The molecule has 0 aliphatic carbocycles. The van der Waals surface area contributed by atoms with E-state index in [0.29, 0.717) is 3.57 Å². The number of ketones is 1. The number of halogens is 4. The van der Waals surface area contributed by atoms with Crippen molar-refractivity contribution in [2.75, 3.05) is 7.11 Å². The van der Waals surface area contributed by atoms with Gasteiger partial charge in [0, 0.05) is 9.13 Å². The highest BCUT2D eigenvalue weighted by atomic mass is 127. The van der Waals surface area contributed by atoms with E-state index in [4.69, 9.17) is 0 Å². The molecular formula is C10H8F3IO2. The van der Waals surface area contributed by atoms with Crippen molar-refractivity contribution in [2.24, 2.45) is 0 Å². The van der Waals surface area contributed by atoms with Crippen LogP contribution in [0.1, 0.15) is 22.8 Å². The summed E-state index contributed by atoms with van der Waals surface area (Å²) in [6.45, 7) is 1.23. The maximum absolute atomic E-state index is 12.6. The van der Waals surface area contributed by atoms with Gasteiger partial charge in [0.1, 0.15) is 5.75 Å². The Bertz CT molecular complexity index is 427. The van der Waals surface area contributed by atoms with Crippen molar-refractivity contribution < 1.29 is 22.7 Å². The Morgan fingerprint density at radius 3 is 2.31 bits per heavy atom. The number of alkyl halides is 3. The molecule has 0 fully saturated rings. The van der Waals surface area contributed by atoms with Gasteiger partial charge in [0.15, 0.2) is 5.78 Å². The first-order valence-electron chi connectivity index (χ1n) is 4.23. The Balaban J connectivity index is 3.47. The van der Waals surface area contributed by atoms with E-state index in [1.165, 1.54) is 13.0 Å². The zero-order chi connectivity index (χ0) is 12.5. The third-order valence-electron chi connectivity index (χ3n) is 1.97. The first-order valence-corrected chi connectivity index (χ1v) is 5.31. The van der Waals surface area contributed by atoms with Crippen molar-refractivity contribution in [3.63, 3.8) is 0 Å². The fourth-order valence-corrected chi connectivity index (χ4v) is 2.03. The van der Waals surface area contributed by atoms with Crippen LogP contribution < -0.4 is 4.74 Å². The molecule has 2 nitrogen and oxygen atoms in total. The van der Waals surface area contributed by atoms with Gasteiger partial charge in [0.2, 0.25) is 0 Å². The van der Waals surface area contributed by atoms with Gasteiger partial charge in [-0.1, -0.05) is 0 Å². The summed E-state index contributed by atoms with van der Waals surface area (Å²) < 4.78 is 42.9. The maximum atomic E-state index is 12.6. The first kappa shape index (κ1) is 13.3. The molecule has 0 aliphatic heterocycles. The molecule has 16 heavy (non-hydrogen) atoms. The standard InChI is InChI=1S/C10H8F3IO2/c1-5(15)6-3-7(10(11,12)13)9(16-2)4-8(6)14/h3-4H,1-2H3. The summed E-state index contributed by atoms with van der Waals surface area (Å²) in [7, 11) is 1.16. The number of carbonyl (C=O) groups is 1. The minimum Gasteiger partial charge on any atom is -0.496 e. The van der Waals surface area contributed by atoms with Crippen molar-refractivity contribution >= 4 is 28.4 Å². The number of benzene rings is 1. The highest BCUT2D eigenvalue weighted by Crippen LogP contribution is 2.38. The lowest BCUT2D eigenvalue weighted by atomic mass is 10.1. The third kappa shape index (κ3) is 2.66. The van der Waals surface area contributed by atoms with Gasteiger partial charge in [0.05, 0.1) is 12.7 Å². The highest BCUT2D eigenvalue weighted by Gasteiger charge is 2.35. The topological polar surface area (TPSA) is 26.3 Å². The van der Waals surface area contributed by atoms with Gasteiger partial charge >= 0.3 is 6.18 Å². The van der Waals surface area contributed by atoms with E-state index in [1.54, 1.807) is 22.6 Å². The molecule has 0 heterocycles. The Kier molecular flexibility index (Phi) is 3.82. The molecule has 0 aromatic heterocycles. The Morgan fingerprint density at radius 1 is 1.38 bits per heavy atom. The second-order valence-electron chi connectivity index (χ2n) is 3.09. The van der Waals surface area contributed by atoms with Gasteiger partial charge in [-0.05, 0) is 41.6 Å². The summed E-state index contributed by atoms with van der Waals surface area (Å²) in [6.07, 6.45) is -4.53. The highest BCUT2D eigenvalue weighted by molar-refractivity contribution is 14.1. The Morgan fingerprint density at radius 2 is 1.94 bits per heavy atom. The van der Waals surface area contributed by atoms with E-state index in [9.17, 15) is 18.0 Å². The van der Waals surface area contributed by atoms with Crippen LogP contribution in [0.25, 0.3) is 0 Å². The number of hydrogen-bond donors (Lipinski definition) is 0. The molecule has 0 aliphatic rings. The summed E-state index contributed by atoms with van der Waals surface area (Å²) in [6, 6.07) is 2.03. The van der Waals surface area contributed by atoms with Crippen LogP contribution in [0, 0.1) is 3.57 Å². The smallest absolute Gasteiger partial charge is 0.419 e. The lowest BCUT2D eigenvalue weighted by Crippen LogP contribution is -2.10. The first-order chi connectivity index (χ1) is 7.27. The van der Waals surface area contributed by atoms with Gasteiger partial charge in [-0.15, -0.1) is 0 Å². The van der Waals surface area contributed by atoms with Gasteiger partial charge in [-0.2, -0.15) is 13.2 Å². The molecule has 0 saturated carbocycles. The molecule has 0 radical (unpaired) electrons.